The van der Waals surface area contributed by atoms with Crippen LogP contribution in [0.25, 0.3) is 0 Å². The van der Waals surface area contributed by atoms with E-state index in [9.17, 15) is 0 Å². The summed E-state index contributed by atoms with van der Waals surface area (Å²) in [5.41, 5.74) is 1.22. The lowest BCUT2D eigenvalue weighted by atomic mass is 10.1. The monoisotopic (exact) mass is 279 g/mol. The van der Waals surface area contributed by atoms with Crippen LogP contribution in [0.5, 0.6) is 5.75 Å². The van der Waals surface area contributed by atoms with E-state index in [-0.39, 0.29) is 6.61 Å². The standard InChI is InChI=1S/C17H29NO2/c1-4-16(5-2)18(11-12-19)10-7-13-20-17-9-6-8-15(3)14-17/h6,8-9,14,16,19H,4-5,7,10-13H2,1-3H3. The van der Waals surface area contributed by atoms with Crippen molar-refractivity contribution >= 4 is 0 Å². The molecule has 1 rings (SSSR count). The van der Waals surface area contributed by atoms with Gasteiger partial charge >= 0.3 is 0 Å². The van der Waals surface area contributed by atoms with Gasteiger partial charge < -0.3 is 9.84 Å². The molecule has 1 N–H and O–H groups in total. The molecule has 0 fully saturated rings. The molecule has 1 aromatic rings. The van der Waals surface area contributed by atoms with Crippen LogP contribution in [0.3, 0.4) is 0 Å². The summed E-state index contributed by atoms with van der Waals surface area (Å²) < 4.78 is 5.77. The van der Waals surface area contributed by atoms with Crippen molar-refractivity contribution in [3.05, 3.63) is 29.8 Å². The summed E-state index contributed by atoms with van der Waals surface area (Å²) in [4.78, 5) is 2.37. The van der Waals surface area contributed by atoms with Crippen molar-refractivity contribution in [1.82, 2.24) is 4.90 Å². The van der Waals surface area contributed by atoms with E-state index in [2.05, 4.69) is 37.8 Å². The van der Waals surface area contributed by atoms with Gasteiger partial charge in [-0.3, -0.25) is 4.90 Å². The number of ether oxygens (including phenoxy) is 1. The van der Waals surface area contributed by atoms with Gasteiger partial charge in [0.1, 0.15) is 5.75 Å². The predicted molar refractivity (Wildman–Crippen MR) is 84.3 cm³/mol. The summed E-state index contributed by atoms with van der Waals surface area (Å²) in [6.07, 6.45) is 3.26. The second-order valence-electron chi connectivity index (χ2n) is 5.25. The lowest BCUT2D eigenvalue weighted by molar-refractivity contribution is 0.134. The average Bonchev–Trinajstić information content (AvgIpc) is 2.45. The molecule has 20 heavy (non-hydrogen) atoms. The molecule has 0 unspecified atom stereocenters. The van der Waals surface area contributed by atoms with Gasteiger partial charge in [0, 0.05) is 19.1 Å². The summed E-state index contributed by atoms with van der Waals surface area (Å²) in [5, 5.41) is 9.17. The highest BCUT2D eigenvalue weighted by Gasteiger charge is 2.13. The maximum absolute atomic E-state index is 9.17. The summed E-state index contributed by atoms with van der Waals surface area (Å²) in [6.45, 7) is 9.20. The van der Waals surface area contributed by atoms with Crippen molar-refractivity contribution in [1.29, 1.82) is 0 Å². The predicted octanol–water partition coefficient (Wildman–Crippen LogP) is 3.25. The summed E-state index contributed by atoms with van der Waals surface area (Å²) in [5.74, 6) is 0.946. The van der Waals surface area contributed by atoms with Crippen molar-refractivity contribution in [3.8, 4) is 5.75 Å². The topological polar surface area (TPSA) is 32.7 Å². The number of aliphatic hydroxyl groups excluding tert-OH is 1. The average molecular weight is 279 g/mol. The molecule has 0 atom stereocenters. The van der Waals surface area contributed by atoms with Gasteiger partial charge in [-0.1, -0.05) is 26.0 Å². The smallest absolute Gasteiger partial charge is 0.119 e. The highest BCUT2D eigenvalue weighted by molar-refractivity contribution is 5.27. The minimum absolute atomic E-state index is 0.231. The van der Waals surface area contributed by atoms with Crippen molar-refractivity contribution < 1.29 is 9.84 Å². The zero-order chi connectivity index (χ0) is 14.8. The van der Waals surface area contributed by atoms with Gasteiger partial charge in [-0.05, 0) is 43.9 Å². The Labute approximate surface area is 123 Å². The molecule has 0 bridgehead atoms. The van der Waals surface area contributed by atoms with Crippen molar-refractivity contribution in [3.63, 3.8) is 0 Å². The molecule has 0 aliphatic carbocycles. The number of hydrogen-bond donors (Lipinski definition) is 1. The first-order valence-electron chi connectivity index (χ1n) is 7.75. The van der Waals surface area contributed by atoms with Gasteiger partial charge in [0.05, 0.1) is 13.2 Å². The van der Waals surface area contributed by atoms with Crippen LogP contribution in [0, 0.1) is 6.92 Å². The first-order valence-corrected chi connectivity index (χ1v) is 7.75. The zero-order valence-corrected chi connectivity index (χ0v) is 13.1. The van der Waals surface area contributed by atoms with Gasteiger partial charge in [0.25, 0.3) is 0 Å². The fourth-order valence-electron chi connectivity index (χ4n) is 2.57. The van der Waals surface area contributed by atoms with Crippen LogP contribution < -0.4 is 4.74 Å². The fourth-order valence-corrected chi connectivity index (χ4v) is 2.57. The minimum Gasteiger partial charge on any atom is -0.494 e. The largest absolute Gasteiger partial charge is 0.494 e. The molecule has 0 aromatic heterocycles. The van der Waals surface area contributed by atoms with Crippen LogP contribution in [0.2, 0.25) is 0 Å². The third-order valence-electron chi connectivity index (χ3n) is 3.69. The number of nitrogens with zero attached hydrogens (tertiary/aromatic N) is 1. The van der Waals surface area contributed by atoms with E-state index in [0.29, 0.717) is 6.04 Å². The number of aryl methyl sites for hydroxylation is 1. The molecule has 1 aromatic carbocycles. The summed E-state index contributed by atoms with van der Waals surface area (Å²) in [6, 6.07) is 8.72. The van der Waals surface area contributed by atoms with Gasteiger partial charge in [-0.25, -0.2) is 0 Å². The van der Waals surface area contributed by atoms with Crippen LogP contribution in [0.1, 0.15) is 38.7 Å². The SMILES string of the molecule is CCC(CC)N(CCO)CCCOc1cccc(C)c1. The molecule has 0 aliphatic heterocycles. The third-order valence-corrected chi connectivity index (χ3v) is 3.69. The Hall–Kier alpha value is -1.06. The molecular weight excluding hydrogens is 250 g/mol. The Morgan fingerprint density at radius 2 is 1.95 bits per heavy atom. The molecule has 3 nitrogen and oxygen atoms in total. The molecule has 0 amide bonds. The highest BCUT2D eigenvalue weighted by Crippen LogP contribution is 2.13. The maximum Gasteiger partial charge on any atom is 0.119 e. The van der Waals surface area contributed by atoms with E-state index in [1.54, 1.807) is 0 Å². The molecule has 0 radical (unpaired) electrons. The van der Waals surface area contributed by atoms with Crippen LogP contribution in [0.4, 0.5) is 0 Å². The van der Waals surface area contributed by atoms with Gasteiger partial charge in [-0.15, -0.1) is 0 Å². The first-order chi connectivity index (χ1) is 9.71. The molecule has 0 spiro atoms. The quantitative estimate of drug-likeness (QED) is 0.667. The molecule has 114 valence electrons. The van der Waals surface area contributed by atoms with Crippen molar-refractivity contribution in [2.45, 2.75) is 46.1 Å². The Morgan fingerprint density at radius 3 is 2.55 bits per heavy atom. The Bertz CT molecular complexity index is 364. The van der Waals surface area contributed by atoms with E-state index in [0.717, 1.165) is 44.7 Å². The van der Waals surface area contributed by atoms with Crippen molar-refractivity contribution in [2.75, 3.05) is 26.3 Å². The molecular formula is C17H29NO2. The van der Waals surface area contributed by atoms with Gasteiger partial charge in [-0.2, -0.15) is 0 Å². The van der Waals surface area contributed by atoms with E-state index in [4.69, 9.17) is 9.84 Å². The highest BCUT2D eigenvalue weighted by atomic mass is 16.5. The van der Waals surface area contributed by atoms with E-state index < -0.39 is 0 Å². The van der Waals surface area contributed by atoms with E-state index in [1.165, 1.54) is 5.56 Å². The molecule has 0 saturated heterocycles. The normalized spacial score (nSPS) is 11.3. The second-order valence-corrected chi connectivity index (χ2v) is 5.25. The lowest BCUT2D eigenvalue weighted by Crippen LogP contribution is -2.37. The Balaban J connectivity index is 2.33. The van der Waals surface area contributed by atoms with E-state index in [1.807, 2.05) is 12.1 Å². The Morgan fingerprint density at radius 1 is 1.20 bits per heavy atom. The van der Waals surface area contributed by atoms with Gasteiger partial charge in [0.2, 0.25) is 0 Å². The molecule has 3 heteroatoms. The number of benzene rings is 1. The Kier molecular flexibility index (Phi) is 8.31. The lowest BCUT2D eigenvalue weighted by Gasteiger charge is -2.29. The van der Waals surface area contributed by atoms with Crippen LogP contribution in [-0.2, 0) is 0 Å². The summed E-state index contributed by atoms with van der Waals surface area (Å²) in [7, 11) is 0. The fraction of sp³-hybridized carbons (Fsp3) is 0.647. The van der Waals surface area contributed by atoms with E-state index >= 15 is 0 Å². The molecule has 0 aliphatic rings. The zero-order valence-electron chi connectivity index (χ0n) is 13.1. The third kappa shape index (κ3) is 5.93. The van der Waals surface area contributed by atoms with Crippen LogP contribution in [-0.4, -0.2) is 42.4 Å². The van der Waals surface area contributed by atoms with Crippen molar-refractivity contribution in [2.24, 2.45) is 0 Å². The van der Waals surface area contributed by atoms with Crippen LogP contribution >= 0.6 is 0 Å². The summed E-state index contributed by atoms with van der Waals surface area (Å²) >= 11 is 0. The molecule has 0 heterocycles. The first kappa shape index (κ1) is 17.0. The number of rotatable bonds is 10. The van der Waals surface area contributed by atoms with Crippen LogP contribution in [0.15, 0.2) is 24.3 Å². The maximum atomic E-state index is 9.17. The second kappa shape index (κ2) is 9.78. The number of hydrogen-bond acceptors (Lipinski definition) is 3. The number of aliphatic hydroxyl groups is 1. The van der Waals surface area contributed by atoms with Gasteiger partial charge in [0.15, 0.2) is 0 Å². The molecule has 0 saturated carbocycles. The minimum atomic E-state index is 0.231.